The SMILES string of the molecule is CCNc1c(C(=O)OCC)cnc2ccc(I)cc12. The van der Waals surface area contributed by atoms with E-state index in [2.05, 4.69) is 32.9 Å². The average molecular weight is 370 g/mol. The Labute approximate surface area is 125 Å². The number of hydrogen-bond donors (Lipinski definition) is 1. The molecule has 0 unspecified atom stereocenters. The highest BCUT2D eigenvalue weighted by atomic mass is 127. The van der Waals surface area contributed by atoms with E-state index in [1.54, 1.807) is 13.1 Å². The largest absolute Gasteiger partial charge is 0.462 e. The van der Waals surface area contributed by atoms with Gasteiger partial charge in [0.15, 0.2) is 0 Å². The Morgan fingerprint density at radius 1 is 1.42 bits per heavy atom. The molecule has 0 aliphatic heterocycles. The molecule has 0 saturated carbocycles. The highest BCUT2D eigenvalue weighted by molar-refractivity contribution is 14.1. The van der Waals surface area contributed by atoms with Gasteiger partial charge in [-0.25, -0.2) is 4.79 Å². The number of fused-ring (bicyclic) bond motifs is 1. The highest BCUT2D eigenvalue weighted by Crippen LogP contribution is 2.28. The Kier molecular flexibility index (Phi) is 4.57. The van der Waals surface area contributed by atoms with Crippen LogP contribution in [-0.2, 0) is 4.74 Å². The molecule has 0 spiro atoms. The summed E-state index contributed by atoms with van der Waals surface area (Å²) in [4.78, 5) is 16.3. The van der Waals surface area contributed by atoms with Crippen molar-refractivity contribution in [3.63, 3.8) is 0 Å². The van der Waals surface area contributed by atoms with Crippen LogP contribution in [0.25, 0.3) is 10.9 Å². The number of pyridine rings is 1. The number of halogens is 1. The lowest BCUT2D eigenvalue weighted by Gasteiger charge is -2.13. The number of ether oxygens (including phenoxy) is 1. The molecule has 1 N–H and O–H groups in total. The second kappa shape index (κ2) is 6.18. The highest BCUT2D eigenvalue weighted by Gasteiger charge is 2.16. The summed E-state index contributed by atoms with van der Waals surface area (Å²) in [6, 6.07) is 5.96. The van der Waals surface area contributed by atoms with Crippen molar-refractivity contribution in [2.75, 3.05) is 18.5 Å². The zero-order valence-corrected chi connectivity index (χ0v) is 13.0. The van der Waals surface area contributed by atoms with E-state index in [9.17, 15) is 4.79 Å². The zero-order chi connectivity index (χ0) is 13.8. The molecule has 0 atom stereocenters. The summed E-state index contributed by atoms with van der Waals surface area (Å²) in [5.41, 5.74) is 2.15. The van der Waals surface area contributed by atoms with Gasteiger partial charge in [-0.2, -0.15) is 0 Å². The van der Waals surface area contributed by atoms with Crippen LogP contribution in [0.5, 0.6) is 0 Å². The van der Waals surface area contributed by atoms with Crippen LogP contribution in [0.1, 0.15) is 24.2 Å². The molecule has 19 heavy (non-hydrogen) atoms. The van der Waals surface area contributed by atoms with Crippen LogP contribution < -0.4 is 5.32 Å². The number of rotatable bonds is 4. The Morgan fingerprint density at radius 2 is 2.21 bits per heavy atom. The number of benzene rings is 1. The molecule has 0 amide bonds. The standard InChI is InChI=1S/C14H15IN2O2/c1-3-16-13-10-7-9(15)5-6-12(10)17-8-11(13)14(18)19-4-2/h5-8H,3-4H2,1-2H3,(H,16,17). The van der Waals surface area contributed by atoms with Crippen LogP contribution >= 0.6 is 22.6 Å². The molecule has 0 fully saturated rings. The van der Waals surface area contributed by atoms with E-state index in [0.29, 0.717) is 12.2 Å². The molecule has 0 saturated heterocycles. The van der Waals surface area contributed by atoms with E-state index in [-0.39, 0.29) is 5.97 Å². The van der Waals surface area contributed by atoms with Crippen molar-refractivity contribution in [2.24, 2.45) is 0 Å². The third-order valence-corrected chi connectivity index (χ3v) is 3.35. The molecule has 0 aliphatic rings. The predicted molar refractivity (Wildman–Crippen MR) is 84.6 cm³/mol. The van der Waals surface area contributed by atoms with Crippen LogP contribution in [-0.4, -0.2) is 24.1 Å². The van der Waals surface area contributed by atoms with Gasteiger partial charge in [-0.1, -0.05) is 0 Å². The molecule has 1 heterocycles. The smallest absolute Gasteiger partial charge is 0.341 e. The number of carbonyl (C=O) groups is 1. The van der Waals surface area contributed by atoms with Crippen LogP contribution in [0.15, 0.2) is 24.4 Å². The van der Waals surface area contributed by atoms with Crippen LogP contribution in [0, 0.1) is 3.57 Å². The summed E-state index contributed by atoms with van der Waals surface area (Å²) in [6.07, 6.45) is 1.57. The van der Waals surface area contributed by atoms with Crippen LogP contribution in [0.2, 0.25) is 0 Å². The third kappa shape index (κ3) is 2.97. The topological polar surface area (TPSA) is 51.2 Å². The summed E-state index contributed by atoms with van der Waals surface area (Å²) in [5.74, 6) is -0.341. The molecule has 5 heteroatoms. The summed E-state index contributed by atoms with van der Waals surface area (Å²) in [6.45, 7) is 4.88. The minimum Gasteiger partial charge on any atom is -0.462 e. The summed E-state index contributed by atoms with van der Waals surface area (Å²) >= 11 is 2.25. The van der Waals surface area contributed by atoms with Crippen LogP contribution in [0.3, 0.4) is 0 Å². The van der Waals surface area contributed by atoms with E-state index >= 15 is 0 Å². The summed E-state index contributed by atoms with van der Waals surface area (Å²) < 4.78 is 6.18. The van der Waals surface area contributed by atoms with E-state index in [1.807, 2.05) is 25.1 Å². The second-order valence-electron chi connectivity index (χ2n) is 3.96. The Bertz CT molecular complexity index is 614. The van der Waals surface area contributed by atoms with Crippen molar-refractivity contribution in [1.82, 2.24) is 4.98 Å². The van der Waals surface area contributed by atoms with Crippen molar-refractivity contribution < 1.29 is 9.53 Å². The Morgan fingerprint density at radius 3 is 2.89 bits per heavy atom. The van der Waals surface area contributed by atoms with E-state index in [4.69, 9.17) is 4.74 Å². The molecule has 2 aromatic rings. The van der Waals surface area contributed by atoms with Crippen molar-refractivity contribution in [1.29, 1.82) is 0 Å². The van der Waals surface area contributed by atoms with Gasteiger partial charge >= 0.3 is 5.97 Å². The molecule has 1 aromatic carbocycles. The molecule has 2 rings (SSSR count). The maximum absolute atomic E-state index is 12.0. The number of nitrogens with one attached hydrogen (secondary N) is 1. The molecule has 1 aromatic heterocycles. The maximum atomic E-state index is 12.0. The van der Waals surface area contributed by atoms with Crippen molar-refractivity contribution in [3.8, 4) is 0 Å². The lowest BCUT2D eigenvalue weighted by Crippen LogP contribution is -2.11. The number of anilines is 1. The van der Waals surface area contributed by atoms with E-state index < -0.39 is 0 Å². The fraction of sp³-hybridized carbons (Fsp3) is 0.286. The molecular weight excluding hydrogens is 355 g/mol. The van der Waals surface area contributed by atoms with Gasteiger partial charge < -0.3 is 10.1 Å². The van der Waals surface area contributed by atoms with Crippen molar-refractivity contribution in [2.45, 2.75) is 13.8 Å². The van der Waals surface area contributed by atoms with Crippen LogP contribution in [0.4, 0.5) is 5.69 Å². The first-order valence-electron chi connectivity index (χ1n) is 6.16. The number of aromatic nitrogens is 1. The molecule has 0 aliphatic carbocycles. The maximum Gasteiger partial charge on any atom is 0.341 e. The third-order valence-electron chi connectivity index (χ3n) is 2.68. The molecule has 0 radical (unpaired) electrons. The normalized spacial score (nSPS) is 10.5. The van der Waals surface area contributed by atoms with Gasteiger partial charge in [0, 0.05) is 21.7 Å². The van der Waals surface area contributed by atoms with Crippen molar-refractivity contribution >= 4 is 45.2 Å². The average Bonchev–Trinajstić information content (AvgIpc) is 2.40. The lowest BCUT2D eigenvalue weighted by atomic mass is 10.1. The lowest BCUT2D eigenvalue weighted by molar-refractivity contribution is 0.0527. The van der Waals surface area contributed by atoms with Gasteiger partial charge in [0.2, 0.25) is 0 Å². The minimum atomic E-state index is -0.341. The monoisotopic (exact) mass is 370 g/mol. The van der Waals surface area contributed by atoms with Crippen molar-refractivity contribution in [3.05, 3.63) is 33.5 Å². The fourth-order valence-electron chi connectivity index (χ4n) is 1.90. The quantitative estimate of drug-likeness (QED) is 0.662. The number of carbonyl (C=O) groups excluding carboxylic acids is 1. The fourth-order valence-corrected chi connectivity index (χ4v) is 2.39. The first kappa shape index (κ1) is 14.0. The van der Waals surface area contributed by atoms with Gasteiger partial charge in [0.1, 0.15) is 5.56 Å². The number of hydrogen-bond acceptors (Lipinski definition) is 4. The molecule has 100 valence electrons. The van der Waals surface area contributed by atoms with Gasteiger partial charge in [-0.3, -0.25) is 4.98 Å². The summed E-state index contributed by atoms with van der Waals surface area (Å²) in [5, 5.41) is 4.19. The second-order valence-corrected chi connectivity index (χ2v) is 5.20. The van der Waals surface area contributed by atoms with Gasteiger partial charge in [0.25, 0.3) is 0 Å². The molecule has 0 bridgehead atoms. The molecule has 4 nitrogen and oxygen atoms in total. The summed E-state index contributed by atoms with van der Waals surface area (Å²) in [7, 11) is 0. The van der Waals surface area contributed by atoms with Gasteiger partial charge in [-0.05, 0) is 54.6 Å². The first-order chi connectivity index (χ1) is 9.17. The zero-order valence-electron chi connectivity index (χ0n) is 10.9. The van der Waals surface area contributed by atoms with E-state index in [0.717, 1.165) is 26.7 Å². The van der Waals surface area contributed by atoms with Gasteiger partial charge in [0.05, 0.1) is 17.8 Å². The minimum absolute atomic E-state index is 0.341. The van der Waals surface area contributed by atoms with Gasteiger partial charge in [-0.15, -0.1) is 0 Å². The number of esters is 1. The first-order valence-corrected chi connectivity index (χ1v) is 7.24. The molecular formula is C14H15IN2O2. The predicted octanol–water partition coefficient (Wildman–Crippen LogP) is 3.45. The Hall–Kier alpha value is -1.37. The van der Waals surface area contributed by atoms with E-state index in [1.165, 1.54) is 0 Å². The number of nitrogens with zero attached hydrogens (tertiary/aromatic N) is 1. The Balaban J connectivity index is 2.63.